The predicted molar refractivity (Wildman–Crippen MR) is 129 cm³/mol. The third-order valence-corrected chi connectivity index (χ3v) is 6.39. The third kappa shape index (κ3) is 4.67. The molecule has 1 amide bonds. The minimum Gasteiger partial charge on any atom is -0.358 e. The van der Waals surface area contributed by atoms with E-state index >= 15 is 0 Å². The minimum atomic E-state index is -0.0619. The Morgan fingerprint density at radius 2 is 1.75 bits per heavy atom. The molecule has 0 bridgehead atoms. The summed E-state index contributed by atoms with van der Waals surface area (Å²) >= 11 is 0. The van der Waals surface area contributed by atoms with Crippen molar-refractivity contribution in [2.45, 2.75) is 25.8 Å². The van der Waals surface area contributed by atoms with E-state index in [0.29, 0.717) is 12.1 Å². The van der Waals surface area contributed by atoms with Gasteiger partial charge in [-0.1, -0.05) is 30.3 Å². The highest BCUT2D eigenvalue weighted by molar-refractivity contribution is 5.98. The molecule has 2 aromatic carbocycles. The van der Waals surface area contributed by atoms with Crippen LogP contribution in [0, 0.1) is 5.92 Å². The summed E-state index contributed by atoms with van der Waals surface area (Å²) in [4.78, 5) is 22.6. The lowest BCUT2D eigenvalue weighted by Gasteiger charge is -2.32. The van der Waals surface area contributed by atoms with E-state index in [1.165, 1.54) is 24.8 Å². The number of piperidine rings is 1. The number of amides is 1. The van der Waals surface area contributed by atoms with Gasteiger partial charge in [0.05, 0.1) is 0 Å². The molecule has 0 spiro atoms. The Morgan fingerprint density at radius 1 is 0.969 bits per heavy atom. The SMILES string of the molecule is O=C(NCc1ccncc1)c1ccc2[nH]c(N3CCC(Cc4ccccc4)CC3)cc2c1. The molecule has 0 aliphatic carbocycles. The summed E-state index contributed by atoms with van der Waals surface area (Å²) in [6.07, 6.45) is 7.04. The lowest BCUT2D eigenvalue weighted by atomic mass is 9.90. The van der Waals surface area contributed by atoms with Crippen LogP contribution in [0.1, 0.15) is 34.3 Å². The average molecular weight is 425 g/mol. The van der Waals surface area contributed by atoms with Crippen molar-refractivity contribution in [3.05, 3.63) is 95.8 Å². The zero-order chi connectivity index (χ0) is 21.8. The second-order valence-electron chi connectivity index (χ2n) is 8.61. The van der Waals surface area contributed by atoms with E-state index in [-0.39, 0.29) is 5.91 Å². The number of carbonyl (C=O) groups excluding carboxylic acids is 1. The van der Waals surface area contributed by atoms with E-state index < -0.39 is 0 Å². The van der Waals surface area contributed by atoms with Gasteiger partial charge in [0.1, 0.15) is 5.82 Å². The number of anilines is 1. The van der Waals surface area contributed by atoms with Gasteiger partial charge in [0.15, 0.2) is 0 Å². The fraction of sp³-hybridized carbons (Fsp3) is 0.259. The van der Waals surface area contributed by atoms with Crippen LogP contribution in [-0.4, -0.2) is 29.0 Å². The molecule has 0 atom stereocenters. The maximum absolute atomic E-state index is 12.6. The minimum absolute atomic E-state index is 0.0619. The number of rotatable bonds is 6. The van der Waals surface area contributed by atoms with E-state index in [9.17, 15) is 4.79 Å². The van der Waals surface area contributed by atoms with Gasteiger partial charge in [-0.25, -0.2) is 0 Å². The smallest absolute Gasteiger partial charge is 0.251 e. The number of nitrogens with one attached hydrogen (secondary N) is 2. The fourth-order valence-electron chi connectivity index (χ4n) is 4.54. The Kier molecular flexibility index (Phi) is 5.88. The summed E-state index contributed by atoms with van der Waals surface area (Å²) in [6, 6.07) is 22.6. The Labute approximate surface area is 188 Å². The van der Waals surface area contributed by atoms with Crippen LogP contribution >= 0.6 is 0 Å². The molecule has 162 valence electrons. The highest BCUT2D eigenvalue weighted by Gasteiger charge is 2.21. The molecule has 1 fully saturated rings. The summed E-state index contributed by atoms with van der Waals surface area (Å²) in [5.74, 6) is 1.83. The fourth-order valence-corrected chi connectivity index (χ4v) is 4.54. The number of fused-ring (bicyclic) bond motifs is 1. The normalized spacial score (nSPS) is 14.6. The monoisotopic (exact) mass is 424 g/mol. The van der Waals surface area contributed by atoms with Gasteiger partial charge in [-0.3, -0.25) is 9.78 Å². The standard InChI is InChI=1S/C27H28N4O/c32-27(29-19-22-8-12-28-13-9-22)23-6-7-25-24(17-23)18-26(30-25)31-14-10-21(11-15-31)16-20-4-2-1-3-5-20/h1-9,12-13,17-18,21,30H,10-11,14-16,19H2,(H,29,32). The topological polar surface area (TPSA) is 61.0 Å². The van der Waals surface area contributed by atoms with Gasteiger partial charge in [-0.15, -0.1) is 0 Å². The van der Waals surface area contributed by atoms with Crippen LogP contribution in [0.2, 0.25) is 0 Å². The van der Waals surface area contributed by atoms with Gasteiger partial charge in [0, 0.05) is 48.5 Å². The molecule has 0 unspecified atom stereocenters. The molecule has 0 saturated carbocycles. The van der Waals surface area contributed by atoms with Gasteiger partial charge in [0.2, 0.25) is 0 Å². The van der Waals surface area contributed by atoms with Crippen molar-refractivity contribution >= 4 is 22.6 Å². The van der Waals surface area contributed by atoms with E-state index in [1.54, 1.807) is 12.4 Å². The van der Waals surface area contributed by atoms with Gasteiger partial charge in [0.25, 0.3) is 5.91 Å². The number of H-pyrrole nitrogens is 1. The number of benzene rings is 2. The number of pyridine rings is 1. The second kappa shape index (κ2) is 9.27. The lowest BCUT2D eigenvalue weighted by molar-refractivity contribution is 0.0951. The average Bonchev–Trinajstić information content (AvgIpc) is 3.28. The van der Waals surface area contributed by atoms with E-state index in [2.05, 4.69) is 56.6 Å². The molecule has 2 N–H and O–H groups in total. The molecule has 1 aliphatic rings. The number of aromatic amines is 1. The quantitative estimate of drug-likeness (QED) is 0.460. The summed E-state index contributed by atoms with van der Waals surface area (Å²) in [5, 5.41) is 4.06. The highest BCUT2D eigenvalue weighted by atomic mass is 16.1. The highest BCUT2D eigenvalue weighted by Crippen LogP contribution is 2.28. The molecule has 5 rings (SSSR count). The van der Waals surface area contributed by atoms with E-state index in [4.69, 9.17) is 0 Å². The molecular formula is C27H28N4O. The molecular weight excluding hydrogens is 396 g/mol. The van der Waals surface area contributed by atoms with Crippen LogP contribution in [0.25, 0.3) is 10.9 Å². The van der Waals surface area contributed by atoms with Crippen LogP contribution in [0.3, 0.4) is 0 Å². The van der Waals surface area contributed by atoms with Crippen LogP contribution in [0.15, 0.2) is 79.1 Å². The number of hydrogen-bond acceptors (Lipinski definition) is 3. The predicted octanol–water partition coefficient (Wildman–Crippen LogP) is 4.95. The first-order valence-corrected chi connectivity index (χ1v) is 11.3. The van der Waals surface area contributed by atoms with Gasteiger partial charge >= 0.3 is 0 Å². The summed E-state index contributed by atoms with van der Waals surface area (Å²) in [6.45, 7) is 2.61. The third-order valence-electron chi connectivity index (χ3n) is 6.39. The van der Waals surface area contributed by atoms with Gasteiger partial charge < -0.3 is 15.2 Å². The first-order chi connectivity index (χ1) is 15.7. The van der Waals surface area contributed by atoms with E-state index in [1.807, 2.05) is 30.3 Å². The first-order valence-electron chi connectivity index (χ1n) is 11.3. The Hall–Kier alpha value is -3.60. The number of nitrogens with zero attached hydrogens (tertiary/aromatic N) is 2. The summed E-state index contributed by atoms with van der Waals surface area (Å²) in [7, 11) is 0. The lowest BCUT2D eigenvalue weighted by Crippen LogP contribution is -2.34. The van der Waals surface area contributed by atoms with Gasteiger partial charge in [-0.2, -0.15) is 0 Å². The Bertz CT molecular complexity index is 1180. The second-order valence-corrected chi connectivity index (χ2v) is 8.61. The molecule has 32 heavy (non-hydrogen) atoms. The molecule has 2 aromatic heterocycles. The molecule has 4 aromatic rings. The maximum Gasteiger partial charge on any atom is 0.251 e. The zero-order valence-corrected chi connectivity index (χ0v) is 18.1. The van der Waals surface area contributed by atoms with E-state index in [0.717, 1.165) is 41.3 Å². The van der Waals surface area contributed by atoms with Crippen molar-refractivity contribution in [1.29, 1.82) is 0 Å². The van der Waals surface area contributed by atoms with Crippen molar-refractivity contribution in [3.63, 3.8) is 0 Å². The number of hydrogen-bond donors (Lipinski definition) is 2. The van der Waals surface area contributed by atoms with Crippen molar-refractivity contribution in [3.8, 4) is 0 Å². The molecule has 1 saturated heterocycles. The van der Waals surface area contributed by atoms with Crippen molar-refractivity contribution in [2.24, 2.45) is 5.92 Å². The summed E-state index contributed by atoms with van der Waals surface area (Å²) < 4.78 is 0. The maximum atomic E-state index is 12.6. The van der Waals surface area contributed by atoms with Crippen molar-refractivity contribution < 1.29 is 4.79 Å². The molecule has 5 nitrogen and oxygen atoms in total. The number of carbonyl (C=O) groups is 1. The van der Waals surface area contributed by atoms with Crippen LogP contribution in [0.5, 0.6) is 0 Å². The van der Waals surface area contributed by atoms with Crippen LogP contribution in [0.4, 0.5) is 5.82 Å². The zero-order valence-electron chi connectivity index (χ0n) is 18.1. The largest absolute Gasteiger partial charge is 0.358 e. The summed E-state index contributed by atoms with van der Waals surface area (Å²) in [5.41, 5.74) is 4.22. The molecule has 1 aliphatic heterocycles. The van der Waals surface area contributed by atoms with Gasteiger partial charge in [-0.05, 0) is 72.7 Å². The molecule has 0 radical (unpaired) electrons. The van der Waals surface area contributed by atoms with Crippen molar-refractivity contribution in [1.82, 2.24) is 15.3 Å². The molecule has 3 heterocycles. The molecule has 5 heteroatoms. The van der Waals surface area contributed by atoms with Crippen LogP contribution < -0.4 is 10.2 Å². The Morgan fingerprint density at radius 3 is 2.53 bits per heavy atom. The first kappa shape index (κ1) is 20.3. The Balaban J connectivity index is 1.21. The van der Waals surface area contributed by atoms with Crippen LogP contribution in [-0.2, 0) is 13.0 Å². The number of aromatic nitrogens is 2. The van der Waals surface area contributed by atoms with Crippen molar-refractivity contribution in [2.75, 3.05) is 18.0 Å².